The molecule has 0 radical (unpaired) electrons. The molecule has 0 aliphatic heterocycles. The van der Waals surface area contributed by atoms with Gasteiger partial charge in [-0.2, -0.15) is 0 Å². The van der Waals surface area contributed by atoms with Crippen molar-refractivity contribution in [2.45, 2.75) is 90.2 Å². The third kappa shape index (κ3) is 14.1. The second-order valence-electron chi connectivity index (χ2n) is 6.30. The van der Waals surface area contributed by atoms with Crippen molar-refractivity contribution in [3.8, 4) is 0 Å². The lowest BCUT2D eigenvalue weighted by molar-refractivity contribution is 0.0569. The highest BCUT2D eigenvalue weighted by molar-refractivity contribution is 4.76. The first kappa shape index (κ1) is 18.9. The Morgan fingerprint density at radius 3 is 2.11 bits per heavy atom. The fraction of sp³-hybridized carbons (Fsp3) is 1.00. The van der Waals surface area contributed by atoms with Gasteiger partial charge in [-0.05, 0) is 26.7 Å². The van der Waals surface area contributed by atoms with E-state index in [0.717, 1.165) is 12.8 Å². The maximum Gasteiger partial charge on any atom is 0.0606 e. The summed E-state index contributed by atoms with van der Waals surface area (Å²) in [7, 11) is 0. The molecular weight excluding hydrogens is 238 g/mol. The van der Waals surface area contributed by atoms with Gasteiger partial charge in [0.15, 0.2) is 0 Å². The summed E-state index contributed by atoms with van der Waals surface area (Å²) in [6.45, 7) is 6.74. The first-order valence-corrected chi connectivity index (χ1v) is 8.06. The van der Waals surface area contributed by atoms with Crippen LogP contribution in [-0.2, 0) is 0 Å². The van der Waals surface area contributed by atoms with Gasteiger partial charge in [0.2, 0.25) is 0 Å². The Hall–Kier alpha value is -0.120. The maximum absolute atomic E-state index is 9.88. The fourth-order valence-electron chi connectivity index (χ4n) is 2.50. The van der Waals surface area contributed by atoms with Crippen molar-refractivity contribution in [3.63, 3.8) is 0 Å². The van der Waals surface area contributed by atoms with Crippen LogP contribution in [0.3, 0.4) is 0 Å². The predicted octanol–water partition coefficient (Wildman–Crippen LogP) is 3.24. The van der Waals surface area contributed by atoms with E-state index in [9.17, 15) is 5.11 Å². The quantitative estimate of drug-likeness (QED) is 0.452. The Labute approximate surface area is 119 Å². The smallest absolute Gasteiger partial charge is 0.0606 e. The highest BCUT2D eigenvalue weighted by Crippen LogP contribution is 2.16. The van der Waals surface area contributed by atoms with Gasteiger partial charge in [-0.1, -0.05) is 51.9 Å². The van der Waals surface area contributed by atoms with Crippen LogP contribution >= 0.6 is 0 Å². The van der Waals surface area contributed by atoms with Gasteiger partial charge in [0.1, 0.15) is 0 Å². The Bertz CT molecular complexity index is 190. The summed E-state index contributed by atoms with van der Waals surface area (Å²) >= 11 is 0. The van der Waals surface area contributed by atoms with Gasteiger partial charge >= 0.3 is 0 Å². The van der Waals surface area contributed by atoms with Gasteiger partial charge in [0, 0.05) is 12.6 Å². The van der Waals surface area contributed by atoms with Crippen LogP contribution in [0.15, 0.2) is 0 Å². The molecule has 0 amide bonds. The number of unbranched alkanes of at least 4 members (excludes halogenated alkanes) is 6. The first-order chi connectivity index (χ1) is 8.99. The number of aliphatic hydroxyl groups is 2. The van der Waals surface area contributed by atoms with E-state index >= 15 is 0 Å². The Balaban J connectivity index is 3.67. The molecule has 0 fully saturated rings. The molecule has 1 atom stereocenters. The minimum absolute atomic E-state index is 0.166. The largest absolute Gasteiger partial charge is 0.395 e. The predicted molar refractivity (Wildman–Crippen MR) is 82.4 cm³/mol. The molecule has 0 aromatic heterocycles. The summed E-state index contributed by atoms with van der Waals surface area (Å²) in [4.78, 5) is 0. The van der Waals surface area contributed by atoms with E-state index in [1.165, 1.54) is 44.9 Å². The Morgan fingerprint density at radius 2 is 1.58 bits per heavy atom. The molecule has 3 heteroatoms. The highest BCUT2D eigenvalue weighted by atomic mass is 16.3. The van der Waals surface area contributed by atoms with Gasteiger partial charge in [-0.3, -0.25) is 0 Å². The summed E-state index contributed by atoms with van der Waals surface area (Å²) in [6, 6.07) is 0.322. The number of aliphatic hydroxyl groups excluding tert-OH is 1. The Morgan fingerprint density at radius 1 is 1.00 bits per heavy atom. The lowest BCUT2D eigenvalue weighted by atomic mass is 9.95. The zero-order chi connectivity index (χ0) is 14.6. The molecule has 116 valence electrons. The van der Waals surface area contributed by atoms with E-state index in [1.54, 1.807) is 0 Å². The van der Waals surface area contributed by atoms with E-state index in [0.29, 0.717) is 12.6 Å². The summed E-state index contributed by atoms with van der Waals surface area (Å²) in [5.41, 5.74) is -0.631. The third-order valence-corrected chi connectivity index (χ3v) is 3.45. The van der Waals surface area contributed by atoms with Crippen LogP contribution in [0.1, 0.15) is 78.6 Å². The molecule has 3 nitrogen and oxygen atoms in total. The second kappa shape index (κ2) is 11.7. The average Bonchev–Trinajstić information content (AvgIpc) is 2.33. The average molecular weight is 273 g/mol. The van der Waals surface area contributed by atoms with Gasteiger partial charge < -0.3 is 15.5 Å². The van der Waals surface area contributed by atoms with Crippen molar-refractivity contribution in [3.05, 3.63) is 0 Å². The third-order valence-electron chi connectivity index (χ3n) is 3.45. The maximum atomic E-state index is 9.88. The summed E-state index contributed by atoms with van der Waals surface area (Å²) in [5, 5.41) is 22.1. The van der Waals surface area contributed by atoms with E-state index in [-0.39, 0.29) is 6.61 Å². The van der Waals surface area contributed by atoms with Crippen molar-refractivity contribution in [2.75, 3.05) is 13.2 Å². The van der Waals surface area contributed by atoms with E-state index in [2.05, 4.69) is 12.2 Å². The lowest BCUT2D eigenvalue weighted by Crippen LogP contribution is -2.37. The minimum atomic E-state index is -0.631. The zero-order valence-electron chi connectivity index (χ0n) is 13.2. The second-order valence-corrected chi connectivity index (χ2v) is 6.30. The molecule has 0 heterocycles. The molecule has 0 aliphatic carbocycles. The van der Waals surface area contributed by atoms with Gasteiger partial charge in [0.25, 0.3) is 0 Å². The standard InChI is InChI=1S/C16H35NO2/c1-4-5-6-7-8-9-10-11-15(17-12-13-18)14-16(2,3)19/h15,17-19H,4-14H2,1-3H3. The van der Waals surface area contributed by atoms with Crippen molar-refractivity contribution in [1.29, 1.82) is 0 Å². The molecule has 0 saturated carbocycles. The monoisotopic (exact) mass is 273 g/mol. The van der Waals surface area contributed by atoms with Crippen LogP contribution in [0.5, 0.6) is 0 Å². The van der Waals surface area contributed by atoms with Crippen LogP contribution in [0.4, 0.5) is 0 Å². The van der Waals surface area contributed by atoms with Crippen molar-refractivity contribution >= 4 is 0 Å². The zero-order valence-corrected chi connectivity index (χ0v) is 13.2. The van der Waals surface area contributed by atoms with Gasteiger partial charge in [-0.25, -0.2) is 0 Å². The molecule has 0 aromatic carbocycles. The van der Waals surface area contributed by atoms with Crippen LogP contribution in [0.2, 0.25) is 0 Å². The first-order valence-electron chi connectivity index (χ1n) is 8.06. The number of hydrogen-bond acceptors (Lipinski definition) is 3. The van der Waals surface area contributed by atoms with Crippen molar-refractivity contribution in [2.24, 2.45) is 0 Å². The van der Waals surface area contributed by atoms with Crippen LogP contribution in [-0.4, -0.2) is 35.0 Å². The highest BCUT2D eigenvalue weighted by Gasteiger charge is 2.19. The molecule has 0 saturated heterocycles. The number of rotatable bonds is 13. The molecule has 3 N–H and O–H groups in total. The van der Waals surface area contributed by atoms with E-state index in [4.69, 9.17) is 5.11 Å². The molecule has 19 heavy (non-hydrogen) atoms. The van der Waals surface area contributed by atoms with Crippen molar-refractivity contribution < 1.29 is 10.2 Å². The molecular formula is C16H35NO2. The molecule has 0 spiro atoms. The number of hydrogen-bond donors (Lipinski definition) is 3. The van der Waals surface area contributed by atoms with E-state index < -0.39 is 5.60 Å². The molecule has 1 unspecified atom stereocenters. The molecule has 0 aromatic rings. The lowest BCUT2D eigenvalue weighted by Gasteiger charge is -2.26. The minimum Gasteiger partial charge on any atom is -0.395 e. The normalized spacial score (nSPS) is 13.7. The summed E-state index contributed by atoms with van der Waals surface area (Å²) < 4.78 is 0. The van der Waals surface area contributed by atoms with Gasteiger partial charge in [-0.15, -0.1) is 0 Å². The van der Waals surface area contributed by atoms with Crippen LogP contribution in [0, 0.1) is 0 Å². The topological polar surface area (TPSA) is 52.5 Å². The van der Waals surface area contributed by atoms with Crippen LogP contribution in [0.25, 0.3) is 0 Å². The molecule has 0 rings (SSSR count). The van der Waals surface area contributed by atoms with Crippen molar-refractivity contribution in [1.82, 2.24) is 5.32 Å². The summed E-state index contributed by atoms with van der Waals surface area (Å²) in [6.07, 6.45) is 11.1. The summed E-state index contributed by atoms with van der Waals surface area (Å²) in [5.74, 6) is 0. The van der Waals surface area contributed by atoms with Crippen LogP contribution < -0.4 is 5.32 Å². The SMILES string of the molecule is CCCCCCCCCC(CC(C)(C)O)NCCO. The van der Waals surface area contributed by atoms with Gasteiger partial charge in [0.05, 0.1) is 12.2 Å². The number of nitrogens with one attached hydrogen (secondary N) is 1. The fourth-order valence-corrected chi connectivity index (χ4v) is 2.50. The van der Waals surface area contributed by atoms with E-state index in [1.807, 2.05) is 13.8 Å². The molecule has 0 bridgehead atoms. The molecule has 0 aliphatic rings. The Kier molecular flexibility index (Phi) is 11.6.